The number of hydrogen-bond acceptors (Lipinski definition) is 6. The third kappa shape index (κ3) is 4.24. The molecule has 34 heavy (non-hydrogen) atoms. The van der Waals surface area contributed by atoms with Crippen LogP contribution >= 0.6 is 0 Å². The highest BCUT2D eigenvalue weighted by Gasteiger charge is 2.47. The van der Waals surface area contributed by atoms with E-state index in [0.29, 0.717) is 38.4 Å². The molecule has 3 heterocycles. The summed E-state index contributed by atoms with van der Waals surface area (Å²) < 4.78 is 35.2. The summed E-state index contributed by atoms with van der Waals surface area (Å²) in [6, 6.07) is 3.02. The Morgan fingerprint density at radius 3 is 2.53 bits per heavy atom. The van der Waals surface area contributed by atoms with Crippen LogP contribution in [0.25, 0.3) is 0 Å². The molecule has 2 aliphatic carbocycles. The van der Waals surface area contributed by atoms with Crippen molar-refractivity contribution in [3.63, 3.8) is 0 Å². The van der Waals surface area contributed by atoms with Crippen molar-refractivity contribution in [2.45, 2.75) is 88.4 Å². The largest absolute Gasteiger partial charge is 0.377 e. The van der Waals surface area contributed by atoms with Crippen molar-refractivity contribution >= 4 is 21.7 Å². The summed E-state index contributed by atoms with van der Waals surface area (Å²) in [7, 11) is -2.03. The molecule has 188 valence electrons. The molecule has 0 N–H and O–H groups in total. The van der Waals surface area contributed by atoms with Crippen LogP contribution in [0.5, 0.6) is 0 Å². The predicted molar refractivity (Wildman–Crippen MR) is 130 cm³/mol. The number of morpholine rings is 1. The molecule has 1 aromatic heterocycles. The SMILES string of the molecule is Cc1ccc(S(=O)(=O)N2CCC[C@H]2C(=O)N(C)C2CCC3CC3C2)c(N2[C@@H](C)COC[C@@H]2C)n1. The molecule has 6 atom stereocenters. The number of fused-ring (bicyclic) bond motifs is 1. The molecule has 2 aliphatic heterocycles. The highest BCUT2D eigenvalue weighted by atomic mass is 32.2. The smallest absolute Gasteiger partial charge is 0.247 e. The average Bonchev–Trinajstić information content (AvgIpc) is 3.40. The molecule has 2 saturated carbocycles. The van der Waals surface area contributed by atoms with E-state index >= 15 is 0 Å². The van der Waals surface area contributed by atoms with Crippen molar-refractivity contribution in [3.05, 3.63) is 17.8 Å². The minimum atomic E-state index is -3.90. The highest BCUT2D eigenvalue weighted by Crippen LogP contribution is 2.50. The number of sulfonamides is 1. The molecule has 0 spiro atoms. The molecular weight excluding hydrogens is 452 g/mol. The minimum absolute atomic E-state index is 0.00620. The number of carbonyl (C=O) groups is 1. The maximum atomic E-state index is 14.1. The Morgan fingerprint density at radius 1 is 1.09 bits per heavy atom. The van der Waals surface area contributed by atoms with Crippen LogP contribution in [0.3, 0.4) is 0 Å². The van der Waals surface area contributed by atoms with E-state index in [4.69, 9.17) is 9.72 Å². The van der Waals surface area contributed by atoms with E-state index in [9.17, 15) is 13.2 Å². The van der Waals surface area contributed by atoms with Crippen molar-refractivity contribution in [1.82, 2.24) is 14.2 Å². The number of amides is 1. The van der Waals surface area contributed by atoms with Gasteiger partial charge >= 0.3 is 0 Å². The Hall–Kier alpha value is -1.71. The number of aryl methyl sites for hydroxylation is 1. The van der Waals surface area contributed by atoms with Crippen LogP contribution < -0.4 is 4.90 Å². The molecule has 9 heteroatoms. The van der Waals surface area contributed by atoms with Gasteiger partial charge in [-0.2, -0.15) is 4.31 Å². The number of hydrogen-bond donors (Lipinski definition) is 0. The number of likely N-dealkylation sites (N-methyl/N-ethyl adjacent to an activating group) is 1. The molecular formula is C25H38N4O4S. The first-order valence-electron chi connectivity index (χ1n) is 12.8. The van der Waals surface area contributed by atoms with Crippen molar-refractivity contribution in [2.24, 2.45) is 11.8 Å². The topological polar surface area (TPSA) is 83.1 Å². The zero-order valence-electron chi connectivity index (χ0n) is 20.8. The molecule has 2 saturated heterocycles. The molecule has 4 fully saturated rings. The van der Waals surface area contributed by atoms with E-state index < -0.39 is 16.1 Å². The minimum Gasteiger partial charge on any atom is -0.377 e. The Morgan fingerprint density at radius 2 is 1.82 bits per heavy atom. The molecule has 1 amide bonds. The summed E-state index contributed by atoms with van der Waals surface area (Å²) in [5, 5.41) is 0. The summed E-state index contributed by atoms with van der Waals surface area (Å²) in [6.45, 7) is 7.35. The predicted octanol–water partition coefficient (Wildman–Crippen LogP) is 2.80. The van der Waals surface area contributed by atoms with Gasteiger partial charge in [0, 0.05) is 25.3 Å². The van der Waals surface area contributed by atoms with Gasteiger partial charge in [0.05, 0.1) is 25.3 Å². The van der Waals surface area contributed by atoms with Gasteiger partial charge in [-0.1, -0.05) is 0 Å². The maximum absolute atomic E-state index is 14.1. The highest BCUT2D eigenvalue weighted by molar-refractivity contribution is 7.89. The van der Waals surface area contributed by atoms with Crippen LogP contribution in [0, 0.1) is 18.8 Å². The quantitative estimate of drug-likeness (QED) is 0.631. The van der Waals surface area contributed by atoms with Crippen molar-refractivity contribution in [3.8, 4) is 0 Å². The lowest BCUT2D eigenvalue weighted by atomic mass is 9.94. The first kappa shape index (κ1) is 24.0. The number of carbonyl (C=O) groups excluding carboxylic acids is 1. The van der Waals surface area contributed by atoms with Crippen LogP contribution in [-0.2, 0) is 19.6 Å². The van der Waals surface area contributed by atoms with Crippen molar-refractivity contribution in [1.29, 1.82) is 0 Å². The van der Waals surface area contributed by atoms with E-state index in [1.165, 1.54) is 17.1 Å². The molecule has 0 radical (unpaired) electrons. The van der Waals surface area contributed by atoms with E-state index in [1.54, 1.807) is 12.1 Å². The zero-order chi connectivity index (χ0) is 24.2. The van der Waals surface area contributed by atoms with Gasteiger partial charge in [-0.25, -0.2) is 13.4 Å². The van der Waals surface area contributed by atoms with Gasteiger partial charge in [0.15, 0.2) is 0 Å². The van der Waals surface area contributed by atoms with E-state index in [2.05, 4.69) is 4.90 Å². The first-order valence-corrected chi connectivity index (χ1v) is 14.2. The Kier molecular flexibility index (Phi) is 6.40. The average molecular weight is 491 g/mol. The van der Waals surface area contributed by atoms with Crippen LogP contribution in [0.15, 0.2) is 17.0 Å². The van der Waals surface area contributed by atoms with Crippen molar-refractivity contribution < 1.29 is 17.9 Å². The molecule has 0 aromatic carbocycles. The third-order valence-corrected chi connectivity index (χ3v) is 10.3. The summed E-state index contributed by atoms with van der Waals surface area (Å²) >= 11 is 0. The van der Waals surface area contributed by atoms with Gasteiger partial charge in [-0.3, -0.25) is 4.79 Å². The summed E-state index contributed by atoms with van der Waals surface area (Å²) in [5.74, 6) is 2.04. The fourth-order valence-corrected chi connectivity index (χ4v) is 8.11. The van der Waals surface area contributed by atoms with Gasteiger partial charge in [-0.15, -0.1) is 0 Å². The normalized spacial score (nSPS) is 34.1. The molecule has 5 rings (SSSR count). The number of ether oxygens (including phenoxy) is 1. The van der Waals surface area contributed by atoms with Crippen LogP contribution in [0.1, 0.15) is 58.1 Å². The van der Waals surface area contributed by atoms with Gasteiger partial charge in [0.2, 0.25) is 15.9 Å². The third-order valence-electron chi connectivity index (χ3n) is 8.38. The lowest BCUT2D eigenvalue weighted by Crippen LogP contribution is -2.52. The van der Waals surface area contributed by atoms with Crippen molar-refractivity contribution in [2.75, 3.05) is 31.7 Å². The summed E-state index contributed by atoms with van der Waals surface area (Å²) in [4.78, 5) is 22.4. The fourth-order valence-electron chi connectivity index (χ4n) is 6.33. The number of nitrogens with zero attached hydrogens (tertiary/aromatic N) is 4. The standard InChI is InChI=1S/C25H38N4O4S/c1-16-7-10-23(24(26-16)29-17(2)14-33-15-18(29)3)34(31,32)28-11-5-6-22(28)25(30)27(4)21-9-8-19-12-20(19)13-21/h7,10,17-22H,5-6,8-9,11-15H2,1-4H3/t17-,18-,19?,20?,21?,22-/m0/s1. The zero-order valence-corrected chi connectivity index (χ0v) is 21.6. The second-order valence-corrected chi connectivity index (χ2v) is 12.7. The molecule has 8 nitrogen and oxygen atoms in total. The molecule has 4 aliphatic rings. The molecule has 1 aromatic rings. The van der Waals surface area contributed by atoms with E-state index in [-0.39, 0.29) is 28.9 Å². The van der Waals surface area contributed by atoms with Crippen LogP contribution in [-0.4, -0.2) is 79.5 Å². The number of pyridine rings is 1. The van der Waals surface area contributed by atoms with Crippen LogP contribution in [0.2, 0.25) is 0 Å². The second kappa shape index (κ2) is 9.06. The maximum Gasteiger partial charge on any atom is 0.247 e. The Labute approximate surface area is 203 Å². The lowest BCUT2D eigenvalue weighted by Gasteiger charge is -2.41. The van der Waals surface area contributed by atoms with Gasteiger partial charge in [0.1, 0.15) is 16.8 Å². The molecule has 0 bridgehead atoms. The Balaban J connectivity index is 1.43. The summed E-state index contributed by atoms with van der Waals surface area (Å²) in [6.07, 6.45) is 5.84. The second-order valence-electron chi connectivity index (χ2n) is 10.9. The molecule has 3 unspecified atom stereocenters. The van der Waals surface area contributed by atoms with Crippen LogP contribution in [0.4, 0.5) is 5.82 Å². The monoisotopic (exact) mass is 490 g/mol. The number of anilines is 1. The number of aromatic nitrogens is 1. The van der Waals surface area contributed by atoms with Gasteiger partial charge in [-0.05, 0) is 83.3 Å². The van der Waals surface area contributed by atoms with E-state index in [1.807, 2.05) is 32.7 Å². The Bertz CT molecular complexity index is 1040. The van der Waals surface area contributed by atoms with Gasteiger partial charge < -0.3 is 14.5 Å². The summed E-state index contributed by atoms with van der Waals surface area (Å²) in [5.41, 5.74) is 0.768. The lowest BCUT2D eigenvalue weighted by molar-refractivity contribution is -0.136. The van der Waals surface area contributed by atoms with E-state index in [0.717, 1.165) is 30.4 Å². The first-order chi connectivity index (χ1) is 16.2. The van der Waals surface area contributed by atoms with Gasteiger partial charge in [0.25, 0.3) is 0 Å². The number of rotatable bonds is 5. The fraction of sp³-hybridized carbons (Fsp3) is 0.760.